The first-order valence-corrected chi connectivity index (χ1v) is 5.02. The molecule has 4 heteroatoms. The first kappa shape index (κ1) is 10.1. The number of aromatic nitrogens is 1. The van der Waals surface area contributed by atoms with Gasteiger partial charge in [0.05, 0.1) is 5.60 Å². The summed E-state index contributed by atoms with van der Waals surface area (Å²) in [5.41, 5.74) is 0.0510. The van der Waals surface area contributed by atoms with Gasteiger partial charge in [-0.2, -0.15) is 0 Å². The first-order chi connectivity index (χ1) is 7.24. The topological polar surface area (TPSA) is 49.5 Å². The minimum absolute atomic E-state index is 0.372. The number of piperidine rings is 1. The van der Waals surface area contributed by atoms with Crippen LogP contribution in [0.5, 0.6) is 0 Å². The molecule has 15 heavy (non-hydrogen) atoms. The molecule has 2 N–H and O–H groups in total. The number of rotatable bonds is 1. The third-order valence-corrected chi connectivity index (χ3v) is 2.83. The Balaban J connectivity index is 2.24. The number of hydrogen-bond donors (Lipinski definition) is 2. The van der Waals surface area contributed by atoms with Crippen molar-refractivity contribution < 1.29 is 5.11 Å². The molecule has 0 atom stereocenters. The maximum Gasteiger partial charge on any atom is 0.269 e. The fraction of sp³-hybridized carbons (Fsp3) is 0.455. The number of aliphatic hydroxyl groups is 1. The van der Waals surface area contributed by atoms with Gasteiger partial charge in [0, 0.05) is 5.56 Å². The van der Waals surface area contributed by atoms with Crippen LogP contribution >= 0.6 is 0 Å². The monoisotopic (exact) mass is 203 g/mol. The Hall–Kier alpha value is -1.44. The number of nitrogens with zero attached hydrogens (tertiary/aromatic N) is 2. The minimum atomic E-state index is -0.765. The Kier molecular flexibility index (Phi) is 2.67. The largest absolute Gasteiger partial charge is 0.385 e. The Morgan fingerprint density at radius 3 is 2.67 bits per heavy atom. The molecule has 78 valence electrons. The van der Waals surface area contributed by atoms with Crippen LogP contribution < -0.4 is 5.32 Å². The van der Waals surface area contributed by atoms with Crippen molar-refractivity contribution in [3.63, 3.8) is 0 Å². The molecule has 1 aliphatic heterocycles. The van der Waals surface area contributed by atoms with Crippen molar-refractivity contribution in [2.24, 2.45) is 0 Å². The van der Waals surface area contributed by atoms with E-state index in [4.69, 9.17) is 6.57 Å². The van der Waals surface area contributed by atoms with Crippen LogP contribution in [-0.4, -0.2) is 23.2 Å². The molecular weight excluding hydrogens is 190 g/mol. The van der Waals surface area contributed by atoms with Crippen molar-refractivity contribution in [3.05, 3.63) is 35.3 Å². The minimum Gasteiger partial charge on any atom is -0.385 e. The Labute approximate surface area is 88.8 Å². The highest BCUT2D eigenvalue weighted by Crippen LogP contribution is 2.30. The third-order valence-electron chi connectivity index (χ3n) is 2.83. The molecule has 0 saturated carbocycles. The summed E-state index contributed by atoms with van der Waals surface area (Å²) in [5.74, 6) is 0.372. The van der Waals surface area contributed by atoms with Crippen LogP contribution in [0.4, 0.5) is 5.82 Å². The second-order valence-electron chi connectivity index (χ2n) is 3.80. The van der Waals surface area contributed by atoms with Crippen LogP contribution in [0.3, 0.4) is 0 Å². The summed E-state index contributed by atoms with van der Waals surface area (Å²) in [7, 11) is 0. The van der Waals surface area contributed by atoms with Gasteiger partial charge in [0.1, 0.15) is 6.20 Å². The lowest BCUT2D eigenvalue weighted by Crippen LogP contribution is -2.39. The van der Waals surface area contributed by atoms with Crippen LogP contribution in [-0.2, 0) is 5.60 Å². The molecule has 4 nitrogen and oxygen atoms in total. The van der Waals surface area contributed by atoms with Gasteiger partial charge in [-0.15, -0.1) is 4.98 Å². The summed E-state index contributed by atoms with van der Waals surface area (Å²) in [6.45, 7) is 8.44. The normalized spacial score (nSPS) is 19.5. The molecular formula is C11H13N3O. The van der Waals surface area contributed by atoms with Crippen LogP contribution in [0.15, 0.2) is 18.3 Å². The van der Waals surface area contributed by atoms with Gasteiger partial charge in [-0.25, -0.2) is 0 Å². The fourth-order valence-electron chi connectivity index (χ4n) is 1.86. The maximum absolute atomic E-state index is 10.3. The molecule has 1 aromatic rings. The quantitative estimate of drug-likeness (QED) is 0.674. The van der Waals surface area contributed by atoms with E-state index in [0.717, 1.165) is 18.7 Å². The molecule has 2 heterocycles. The van der Waals surface area contributed by atoms with Crippen molar-refractivity contribution in [1.82, 2.24) is 10.3 Å². The third kappa shape index (κ3) is 1.99. The summed E-state index contributed by atoms with van der Waals surface area (Å²) in [5, 5.41) is 13.6. The van der Waals surface area contributed by atoms with Gasteiger partial charge < -0.3 is 15.3 Å². The van der Waals surface area contributed by atoms with E-state index in [1.807, 2.05) is 0 Å². The SMILES string of the molecule is [C-]#[N+]c1ccc(C2(O)CCNCC2)cn1. The maximum atomic E-state index is 10.3. The van der Waals surface area contributed by atoms with Crippen molar-refractivity contribution >= 4 is 5.82 Å². The Bertz CT molecular complexity index is 374. The van der Waals surface area contributed by atoms with Crippen molar-refractivity contribution in [1.29, 1.82) is 0 Å². The molecule has 0 bridgehead atoms. The molecule has 0 aliphatic carbocycles. The van der Waals surface area contributed by atoms with Crippen LogP contribution in [0.25, 0.3) is 4.85 Å². The smallest absolute Gasteiger partial charge is 0.269 e. The average molecular weight is 203 g/mol. The van der Waals surface area contributed by atoms with Gasteiger partial charge in [0.25, 0.3) is 5.82 Å². The van der Waals surface area contributed by atoms with E-state index >= 15 is 0 Å². The van der Waals surface area contributed by atoms with Crippen LogP contribution in [0, 0.1) is 6.57 Å². The molecule has 0 unspecified atom stereocenters. The van der Waals surface area contributed by atoms with E-state index in [2.05, 4.69) is 15.1 Å². The summed E-state index contributed by atoms with van der Waals surface area (Å²) in [6, 6.07) is 3.45. The molecule has 0 spiro atoms. The molecule has 1 aromatic heterocycles. The van der Waals surface area contributed by atoms with Gasteiger partial charge in [0.15, 0.2) is 0 Å². The Morgan fingerprint density at radius 1 is 1.40 bits per heavy atom. The van der Waals surface area contributed by atoms with E-state index in [1.165, 1.54) is 0 Å². The summed E-state index contributed by atoms with van der Waals surface area (Å²) >= 11 is 0. The average Bonchev–Trinajstić information content (AvgIpc) is 2.30. The van der Waals surface area contributed by atoms with Crippen LogP contribution in [0.2, 0.25) is 0 Å². The van der Waals surface area contributed by atoms with E-state index in [-0.39, 0.29) is 0 Å². The summed E-state index contributed by atoms with van der Waals surface area (Å²) in [6.07, 6.45) is 3.01. The molecule has 1 saturated heterocycles. The second kappa shape index (κ2) is 3.97. The van der Waals surface area contributed by atoms with Gasteiger partial charge in [-0.1, -0.05) is 12.6 Å². The highest BCUT2D eigenvalue weighted by atomic mass is 16.3. The Morgan fingerprint density at radius 2 is 2.13 bits per heavy atom. The highest BCUT2D eigenvalue weighted by molar-refractivity contribution is 5.37. The lowest BCUT2D eigenvalue weighted by molar-refractivity contribution is 0.00566. The lowest BCUT2D eigenvalue weighted by atomic mass is 9.86. The number of pyridine rings is 1. The zero-order valence-electron chi connectivity index (χ0n) is 8.40. The molecule has 0 radical (unpaired) electrons. The molecule has 0 amide bonds. The standard InChI is InChI=1S/C11H13N3O/c1-12-10-3-2-9(8-14-10)11(15)4-6-13-7-5-11/h2-3,8,13,15H,4-7H2. The van der Waals surface area contributed by atoms with E-state index in [0.29, 0.717) is 18.7 Å². The zero-order valence-corrected chi connectivity index (χ0v) is 8.40. The molecule has 1 aliphatic rings. The van der Waals surface area contributed by atoms with Crippen molar-refractivity contribution in [3.8, 4) is 0 Å². The predicted molar refractivity (Wildman–Crippen MR) is 56.5 cm³/mol. The number of nitrogens with one attached hydrogen (secondary N) is 1. The van der Waals surface area contributed by atoms with Crippen molar-refractivity contribution in [2.45, 2.75) is 18.4 Å². The fourth-order valence-corrected chi connectivity index (χ4v) is 1.86. The molecule has 1 fully saturated rings. The highest BCUT2D eigenvalue weighted by Gasteiger charge is 2.31. The molecule has 0 aromatic carbocycles. The van der Waals surface area contributed by atoms with Gasteiger partial charge in [-0.3, -0.25) is 0 Å². The first-order valence-electron chi connectivity index (χ1n) is 5.02. The summed E-state index contributed by atoms with van der Waals surface area (Å²) < 4.78 is 0. The number of hydrogen-bond acceptors (Lipinski definition) is 3. The molecule has 2 rings (SSSR count). The van der Waals surface area contributed by atoms with Gasteiger partial charge in [-0.05, 0) is 32.0 Å². The van der Waals surface area contributed by atoms with E-state index < -0.39 is 5.60 Å². The van der Waals surface area contributed by atoms with Gasteiger partial charge in [0.2, 0.25) is 0 Å². The van der Waals surface area contributed by atoms with Gasteiger partial charge >= 0.3 is 0 Å². The van der Waals surface area contributed by atoms with E-state index in [1.54, 1.807) is 18.3 Å². The predicted octanol–water partition coefficient (Wildman–Crippen LogP) is 1.20. The second-order valence-corrected chi connectivity index (χ2v) is 3.80. The van der Waals surface area contributed by atoms with Crippen LogP contribution in [0.1, 0.15) is 18.4 Å². The van der Waals surface area contributed by atoms with E-state index in [9.17, 15) is 5.11 Å². The van der Waals surface area contributed by atoms with Crippen molar-refractivity contribution in [2.75, 3.05) is 13.1 Å². The zero-order chi connectivity index (χ0) is 10.7. The lowest BCUT2D eigenvalue weighted by Gasteiger charge is -2.32. The summed E-state index contributed by atoms with van der Waals surface area (Å²) in [4.78, 5) is 7.21.